The number of benzene rings is 1. The summed E-state index contributed by atoms with van der Waals surface area (Å²) in [7, 11) is 0. The van der Waals surface area contributed by atoms with Crippen LogP contribution in [0, 0.1) is 0 Å². The van der Waals surface area contributed by atoms with E-state index in [0.717, 1.165) is 18.9 Å². The molecule has 0 aromatic heterocycles. The lowest BCUT2D eigenvalue weighted by atomic mass is 10.1. The van der Waals surface area contributed by atoms with E-state index < -0.39 is 23.5 Å². The predicted octanol–water partition coefficient (Wildman–Crippen LogP) is 4.41. The Morgan fingerprint density at radius 1 is 1.37 bits per heavy atom. The van der Waals surface area contributed by atoms with Crippen molar-refractivity contribution in [1.29, 1.82) is 0 Å². The van der Waals surface area contributed by atoms with Crippen molar-refractivity contribution in [3.05, 3.63) is 27.2 Å². The lowest BCUT2D eigenvalue weighted by molar-refractivity contribution is -0.136. The number of carbonyl (C=O) groups excluding carboxylic acids is 1. The van der Waals surface area contributed by atoms with Crippen molar-refractivity contribution < 1.29 is 18.0 Å². The van der Waals surface area contributed by atoms with Crippen molar-refractivity contribution in [1.82, 2.24) is 5.32 Å². The molecule has 0 aliphatic heterocycles. The zero-order valence-corrected chi connectivity index (χ0v) is 11.8. The molecule has 3 nitrogen and oxygen atoms in total. The molecular formula is C11H9BrClF3N2O. The summed E-state index contributed by atoms with van der Waals surface area (Å²) in [5.74, 6) is 0. The van der Waals surface area contributed by atoms with E-state index in [1.165, 1.54) is 6.07 Å². The van der Waals surface area contributed by atoms with Crippen LogP contribution in [0.5, 0.6) is 0 Å². The zero-order valence-electron chi connectivity index (χ0n) is 9.44. The van der Waals surface area contributed by atoms with Gasteiger partial charge in [-0.05, 0) is 25.0 Å². The molecule has 1 saturated carbocycles. The lowest BCUT2D eigenvalue weighted by Gasteiger charge is -2.16. The van der Waals surface area contributed by atoms with Crippen LogP contribution in [0.2, 0.25) is 5.02 Å². The second-order valence-electron chi connectivity index (χ2n) is 4.18. The lowest BCUT2D eigenvalue weighted by Crippen LogP contribution is -2.31. The van der Waals surface area contributed by atoms with Gasteiger partial charge in [0.15, 0.2) is 0 Å². The molecule has 0 atom stereocenters. The van der Waals surface area contributed by atoms with E-state index in [9.17, 15) is 18.0 Å². The first-order valence-corrected chi connectivity index (χ1v) is 6.58. The molecule has 8 heteroatoms. The minimum Gasteiger partial charge on any atom is -0.335 e. The number of nitrogens with one attached hydrogen (secondary N) is 2. The molecule has 1 fully saturated rings. The van der Waals surface area contributed by atoms with E-state index in [-0.39, 0.29) is 15.5 Å². The van der Waals surface area contributed by atoms with Gasteiger partial charge in [-0.1, -0.05) is 27.5 Å². The van der Waals surface area contributed by atoms with Gasteiger partial charge in [0.05, 0.1) is 16.3 Å². The van der Waals surface area contributed by atoms with Gasteiger partial charge in [-0.3, -0.25) is 0 Å². The Bertz CT molecular complexity index is 517. The number of urea groups is 1. The van der Waals surface area contributed by atoms with Gasteiger partial charge in [-0.2, -0.15) is 13.2 Å². The van der Waals surface area contributed by atoms with Crippen molar-refractivity contribution in [2.45, 2.75) is 25.1 Å². The number of alkyl halides is 3. The Kier molecular flexibility index (Phi) is 3.96. The minimum absolute atomic E-state index is 0.0450. The normalized spacial score (nSPS) is 15.2. The highest BCUT2D eigenvalue weighted by atomic mass is 79.9. The van der Waals surface area contributed by atoms with Gasteiger partial charge in [0, 0.05) is 10.5 Å². The summed E-state index contributed by atoms with van der Waals surface area (Å²) < 4.78 is 38.8. The smallest absolute Gasteiger partial charge is 0.335 e. The summed E-state index contributed by atoms with van der Waals surface area (Å²) in [5.41, 5.74) is -1.42. The van der Waals surface area contributed by atoms with E-state index in [4.69, 9.17) is 11.6 Å². The van der Waals surface area contributed by atoms with Gasteiger partial charge in [0.1, 0.15) is 0 Å². The van der Waals surface area contributed by atoms with Crippen LogP contribution < -0.4 is 10.6 Å². The summed E-state index contributed by atoms with van der Waals surface area (Å²) in [6.07, 6.45) is -2.92. The average molecular weight is 358 g/mol. The molecule has 19 heavy (non-hydrogen) atoms. The SMILES string of the molecule is O=C(Nc1c(Cl)cc(Br)cc1C(F)(F)F)NC1CC1. The molecule has 1 aromatic rings. The Morgan fingerprint density at radius 2 is 2.00 bits per heavy atom. The largest absolute Gasteiger partial charge is 0.418 e. The Morgan fingerprint density at radius 3 is 2.53 bits per heavy atom. The van der Waals surface area contributed by atoms with Crippen LogP contribution in [0.1, 0.15) is 18.4 Å². The fourth-order valence-electron chi connectivity index (χ4n) is 1.49. The van der Waals surface area contributed by atoms with Gasteiger partial charge in [0.25, 0.3) is 0 Å². The highest BCUT2D eigenvalue weighted by Gasteiger charge is 2.35. The molecule has 104 valence electrons. The summed E-state index contributed by atoms with van der Waals surface area (Å²) >= 11 is 8.71. The van der Waals surface area contributed by atoms with Crippen molar-refractivity contribution in [3.8, 4) is 0 Å². The van der Waals surface area contributed by atoms with Crippen LogP contribution >= 0.6 is 27.5 Å². The van der Waals surface area contributed by atoms with Gasteiger partial charge in [0.2, 0.25) is 0 Å². The number of hydrogen-bond acceptors (Lipinski definition) is 1. The van der Waals surface area contributed by atoms with Crippen LogP contribution in [0.4, 0.5) is 23.7 Å². The number of amides is 2. The fraction of sp³-hybridized carbons (Fsp3) is 0.364. The first-order chi connectivity index (χ1) is 8.77. The van der Waals surface area contributed by atoms with Crippen LogP contribution in [0.3, 0.4) is 0 Å². The summed E-state index contributed by atoms with van der Waals surface area (Å²) in [5, 5.41) is 4.52. The molecule has 0 bridgehead atoms. The molecular weight excluding hydrogens is 348 g/mol. The average Bonchev–Trinajstić information content (AvgIpc) is 3.04. The van der Waals surface area contributed by atoms with Crippen LogP contribution in [-0.4, -0.2) is 12.1 Å². The highest BCUT2D eigenvalue weighted by Crippen LogP contribution is 2.40. The molecule has 1 aliphatic carbocycles. The highest BCUT2D eigenvalue weighted by molar-refractivity contribution is 9.10. The van der Waals surface area contributed by atoms with E-state index in [1.54, 1.807) is 0 Å². The molecule has 1 aliphatic rings. The molecule has 2 rings (SSSR count). The van der Waals surface area contributed by atoms with Crippen LogP contribution in [0.15, 0.2) is 16.6 Å². The Labute approximate surface area is 120 Å². The van der Waals surface area contributed by atoms with Gasteiger partial charge < -0.3 is 10.6 Å². The molecule has 0 spiro atoms. The maximum atomic E-state index is 12.9. The second-order valence-corrected chi connectivity index (χ2v) is 5.50. The number of rotatable bonds is 2. The number of carbonyl (C=O) groups is 1. The number of halogens is 5. The van der Waals surface area contributed by atoms with E-state index >= 15 is 0 Å². The van der Waals surface area contributed by atoms with Crippen LogP contribution in [0.25, 0.3) is 0 Å². The Hall–Kier alpha value is -0.950. The van der Waals surface area contributed by atoms with Crippen molar-refractivity contribution in [2.75, 3.05) is 5.32 Å². The molecule has 2 N–H and O–H groups in total. The number of hydrogen-bond donors (Lipinski definition) is 2. The molecule has 0 radical (unpaired) electrons. The predicted molar refractivity (Wildman–Crippen MR) is 69.3 cm³/mol. The standard InChI is InChI=1S/C11H9BrClF3N2O/c12-5-3-7(11(14,15)16)9(8(13)4-5)18-10(19)17-6-1-2-6/h3-4,6H,1-2H2,(H2,17,18,19). The quantitative estimate of drug-likeness (QED) is 0.809. The topological polar surface area (TPSA) is 41.1 Å². The van der Waals surface area contributed by atoms with E-state index in [0.29, 0.717) is 0 Å². The summed E-state index contributed by atoms with van der Waals surface area (Å²) in [4.78, 5) is 11.5. The maximum absolute atomic E-state index is 12.9. The third-order valence-corrected chi connectivity index (χ3v) is 3.27. The fourth-order valence-corrected chi connectivity index (χ4v) is 2.34. The zero-order chi connectivity index (χ0) is 14.2. The van der Waals surface area contributed by atoms with E-state index in [1.807, 2.05) is 0 Å². The van der Waals surface area contributed by atoms with Crippen LogP contribution in [-0.2, 0) is 6.18 Å². The number of anilines is 1. The molecule has 0 unspecified atom stereocenters. The van der Waals surface area contributed by atoms with Gasteiger partial charge >= 0.3 is 12.2 Å². The van der Waals surface area contributed by atoms with Crippen molar-refractivity contribution in [2.24, 2.45) is 0 Å². The van der Waals surface area contributed by atoms with Crippen molar-refractivity contribution in [3.63, 3.8) is 0 Å². The second kappa shape index (κ2) is 5.20. The monoisotopic (exact) mass is 356 g/mol. The Balaban J connectivity index is 2.28. The minimum atomic E-state index is -4.60. The summed E-state index contributed by atoms with van der Waals surface area (Å²) in [6.45, 7) is 0. The molecule has 0 heterocycles. The molecule has 1 aromatic carbocycles. The third-order valence-electron chi connectivity index (χ3n) is 2.51. The maximum Gasteiger partial charge on any atom is 0.418 e. The van der Waals surface area contributed by atoms with Crippen molar-refractivity contribution >= 4 is 39.2 Å². The molecule has 2 amide bonds. The summed E-state index contributed by atoms with van der Waals surface area (Å²) in [6, 6.07) is 1.53. The van der Waals surface area contributed by atoms with E-state index in [2.05, 4.69) is 26.6 Å². The first kappa shape index (κ1) is 14.5. The molecule has 0 saturated heterocycles. The van der Waals surface area contributed by atoms with Gasteiger partial charge in [-0.25, -0.2) is 4.79 Å². The van der Waals surface area contributed by atoms with Gasteiger partial charge in [-0.15, -0.1) is 0 Å². The first-order valence-electron chi connectivity index (χ1n) is 5.41. The third kappa shape index (κ3) is 3.76.